The molecule has 0 heterocycles. The Morgan fingerprint density at radius 2 is 1.38 bits per heavy atom. The van der Waals surface area contributed by atoms with Crippen LogP contribution < -0.4 is 0 Å². The summed E-state index contributed by atoms with van der Waals surface area (Å²) >= 11 is 0. The largest absolute Gasteiger partial charge is 3.00 e. The van der Waals surface area contributed by atoms with Gasteiger partial charge < -0.3 is 6.92 Å². The molecule has 0 aromatic rings. The minimum Gasteiger partial charge on any atom is -0.343 e. The van der Waals surface area contributed by atoms with E-state index in [4.69, 9.17) is 0 Å². The predicted octanol–water partition coefficient (Wildman–Crippen LogP) is 4.41. The molecular weight excluding hydrogens is 203 g/mol. The first kappa shape index (κ1) is 23.0. The normalized spacial score (nSPS) is 6.00. The van der Waals surface area contributed by atoms with Gasteiger partial charge in [-0.15, -0.1) is 0 Å². The summed E-state index contributed by atoms with van der Waals surface area (Å²) in [5.74, 6) is 0. The zero-order chi connectivity index (χ0) is 10.2. The Hall–Kier alpha value is -0.286. The Bertz CT molecular complexity index is 57.5. The van der Waals surface area contributed by atoms with Crippen molar-refractivity contribution in [2.45, 2.75) is 32.6 Å². The van der Waals surface area contributed by atoms with E-state index in [1.165, 1.54) is 31.4 Å². The predicted molar refractivity (Wildman–Crippen MR) is 60.6 cm³/mol. The Morgan fingerprint density at radius 3 is 1.46 bits per heavy atom. The molecule has 0 saturated carbocycles. The summed E-state index contributed by atoms with van der Waals surface area (Å²) in [5, 5.41) is 0. The van der Waals surface area contributed by atoms with Crippen molar-refractivity contribution in [1.82, 2.24) is 0 Å². The molecule has 0 saturated heterocycles. The molecule has 0 fully saturated rings. The van der Waals surface area contributed by atoms with Gasteiger partial charge in [-0.3, -0.25) is 0 Å². The molecule has 1 heteroatoms. The van der Waals surface area contributed by atoms with Crippen molar-refractivity contribution in [1.29, 1.82) is 0 Å². The van der Waals surface area contributed by atoms with E-state index in [1.54, 1.807) is 0 Å². The Labute approximate surface area is 95.4 Å². The van der Waals surface area contributed by atoms with Gasteiger partial charge in [-0.2, -0.15) is 6.42 Å². The van der Waals surface area contributed by atoms with Crippen molar-refractivity contribution in [3.05, 3.63) is 46.1 Å². The van der Waals surface area contributed by atoms with Crippen molar-refractivity contribution in [3.8, 4) is 0 Å². The Balaban J connectivity index is -0.0000000501. The van der Waals surface area contributed by atoms with Crippen LogP contribution in [0, 0.1) is 20.8 Å². The van der Waals surface area contributed by atoms with E-state index in [0.717, 1.165) is 6.42 Å². The zero-order valence-electron chi connectivity index (χ0n) is 8.83. The van der Waals surface area contributed by atoms with Crippen LogP contribution in [-0.2, 0) is 16.5 Å². The summed E-state index contributed by atoms with van der Waals surface area (Å²) in [5.41, 5.74) is 0. The minimum absolute atomic E-state index is 0. The number of rotatable bonds is 3. The van der Waals surface area contributed by atoms with Crippen LogP contribution in [-0.4, -0.2) is 0 Å². The standard InChI is InChI=1S/C6H13.2C3H5.Ni/c1-3-5-6-4-2;2*1-3-2;/h1,3-6H2,2H3;2*3H,1-2H2;/q3*-1;+3. The number of unbranched alkanes of at least 4 members (excludes halogenated alkanes) is 3. The van der Waals surface area contributed by atoms with Crippen molar-refractivity contribution < 1.29 is 16.5 Å². The number of allylic oxidation sites excluding steroid dienone is 2. The van der Waals surface area contributed by atoms with Gasteiger partial charge in [-0.1, -0.05) is 26.2 Å². The average molecular weight is 226 g/mol. The molecule has 0 spiro atoms. The van der Waals surface area contributed by atoms with Gasteiger partial charge in [0.1, 0.15) is 0 Å². The number of hydrogen-bond donors (Lipinski definition) is 0. The summed E-state index contributed by atoms with van der Waals surface area (Å²) in [4.78, 5) is 0. The molecule has 13 heavy (non-hydrogen) atoms. The van der Waals surface area contributed by atoms with Crippen LogP contribution in [0.3, 0.4) is 0 Å². The van der Waals surface area contributed by atoms with Gasteiger partial charge in [-0.25, -0.2) is 39.2 Å². The van der Waals surface area contributed by atoms with Crippen LogP contribution >= 0.6 is 0 Å². The molecule has 0 amide bonds. The first-order valence-corrected chi connectivity index (χ1v) is 4.34. The molecule has 0 aromatic carbocycles. The van der Waals surface area contributed by atoms with E-state index in [2.05, 4.69) is 40.9 Å². The van der Waals surface area contributed by atoms with Gasteiger partial charge >= 0.3 is 16.5 Å². The summed E-state index contributed by atoms with van der Waals surface area (Å²) in [6.07, 6.45) is 8.07. The summed E-state index contributed by atoms with van der Waals surface area (Å²) in [7, 11) is 0. The van der Waals surface area contributed by atoms with Crippen LogP contribution in [0.15, 0.2) is 25.3 Å². The third-order valence-corrected chi connectivity index (χ3v) is 0.854. The maximum Gasteiger partial charge on any atom is 3.00 e. The molecule has 0 nitrogen and oxygen atoms in total. The summed E-state index contributed by atoms with van der Waals surface area (Å²) in [6, 6.07) is 0. The fourth-order valence-corrected chi connectivity index (χ4v) is 0.427. The maximum absolute atomic E-state index is 3.72. The number of hydrogen-bond acceptors (Lipinski definition) is 0. The second kappa shape index (κ2) is 41.2. The van der Waals surface area contributed by atoms with Crippen molar-refractivity contribution in [2.24, 2.45) is 0 Å². The second-order valence-electron chi connectivity index (χ2n) is 2.14. The van der Waals surface area contributed by atoms with E-state index in [0.29, 0.717) is 0 Å². The van der Waals surface area contributed by atoms with Crippen LogP contribution in [0.2, 0.25) is 0 Å². The zero-order valence-corrected chi connectivity index (χ0v) is 9.82. The van der Waals surface area contributed by atoms with Gasteiger partial charge in [0.2, 0.25) is 0 Å². The van der Waals surface area contributed by atoms with E-state index >= 15 is 0 Å². The molecule has 1 radical (unpaired) electrons. The molecule has 0 aliphatic rings. The van der Waals surface area contributed by atoms with Crippen LogP contribution in [0.5, 0.6) is 0 Å². The quantitative estimate of drug-likeness (QED) is 0.379. The van der Waals surface area contributed by atoms with Gasteiger partial charge in [0.25, 0.3) is 0 Å². The Kier molecular flexibility index (Phi) is 72.8. The van der Waals surface area contributed by atoms with E-state index < -0.39 is 0 Å². The third-order valence-electron chi connectivity index (χ3n) is 0.854. The molecule has 81 valence electrons. The summed E-state index contributed by atoms with van der Waals surface area (Å²) < 4.78 is 0. The molecule has 0 rings (SSSR count). The first-order chi connectivity index (χ1) is 5.74. The molecule has 0 atom stereocenters. The summed E-state index contributed by atoms with van der Waals surface area (Å²) in [6.45, 7) is 18.9. The molecule has 0 unspecified atom stereocenters. The topological polar surface area (TPSA) is 0 Å². The van der Waals surface area contributed by atoms with Gasteiger partial charge in [0.05, 0.1) is 0 Å². The third kappa shape index (κ3) is 150. The molecule has 0 aromatic heterocycles. The average Bonchev–Trinajstić information content (AvgIpc) is 2.04. The van der Waals surface area contributed by atoms with Crippen LogP contribution in [0.25, 0.3) is 0 Å². The smallest absolute Gasteiger partial charge is 0.343 e. The van der Waals surface area contributed by atoms with Crippen LogP contribution in [0.1, 0.15) is 32.6 Å². The molecular formula is C12H23Ni. The van der Waals surface area contributed by atoms with Gasteiger partial charge in [0, 0.05) is 0 Å². The SMILES string of the molecule is C=C[CH2-].C=C[CH2-].[CH2-]CCCCC.[Ni+3]. The molecule has 0 aliphatic carbocycles. The van der Waals surface area contributed by atoms with E-state index in [1.807, 2.05) is 0 Å². The molecule has 0 aliphatic heterocycles. The van der Waals surface area contributed by atoms with E-state index in [9.17, 15) is 0 Å². The van der Waals surface area contributed by atoms with Crippen molar-refractivity contribution in [3.63, 3.8) is 0 Å². The monoisotopic (exact) mass is 225 g/mol. The molecule has 0 N–H and O–H groups in total. The Morgan fingerprint density at radius 1 is 1.08 bits per heavy atom. The first-order valence-electron chi connectivity index (χ1n) is 4.34. The fourth-order valence-electron chi connectivity index (χ4n) is 0.427. The van der Waals surface area contributed by atoms with Crippen LogP contribution in [0.4, 0.5) is 0 Å². The minimum atomic E-state index is 0. The fraction of sp³-hybridized carbons (Fsp3) is 0.417. The second-order valence-corrected chi connectivity index (χ2v) is 2.14. The van der Waals surface area contributed by atoms with Crippen molar-refractivity contribution in [2.75, 3.05) is 0 Å². The molecule has 0 bridgehead atoms. The van der Waals surface area contributed by atoms with Crippen molar-refractivity contribution >= 4 is 0 Å². The van der Waals surface area contributed by atoms with Gasteiger partial charge in [0.15, 0.2) is 0 Å². The maximum atomic E-state index is 3.72. The van der Waals surface area contributed by atoms with Gasteiger partial charge in [-0.05, 0) is 0 Å². The van der Waals surface area contributed by atoms with E-state index in [-0.39, 0.29) is 16.5 Å².